The number of ether oxygens (including phenoxy) is 1. The molecule has 1 aliphatic rings. The Hall–Kier alpha value is -0.130. The summed E-state index contributed by atoms with van der Waals surface area (Å²) in [6.07, 6.45) is 3.32. The second kappa shape index (κ2) is 8.49. The fraction of sp³-hybridized carbons (Fsp3) is 0.625. The normalized spacial score (nSPS) is 18.1. The molecule has 3 nitrogen and oxygen atoms in total. The zero-order valence-corrected chi connectivity index (χ0v) is 15.1. The van der Waals surface area contributed by atoms with E-state index in [0.29, 0.717) is 6.04 Å². The van der Waals surface area contributed by atoms with Crippen molar-refractivity contribution in [3.05, 3.63) is 33.3 Å². The van der Waals surface area contributed by atoms with Crippen molar-refractivity contribution in [2.45, 2.75) is 31.3 Å². The van der Waals surface area contributed by atoms with Crippen molar-refractivity contribution in [3.8, 4) is 0 Å². The quantitative estimate of drug-likeness (QED) is 0.817. The van der Waals surface area contributed by atoms with E-state index in [2.05, 4.69) is 39.3 Å². The van der Waals surface area contributed by atoms with E-state index in [9.17, 15) is 0 Å². The van der Waals surface area contributed by atoms with Gasteiger partial charge in [-0.1, -0.05) is 33.6 Å². The molecule has 1 atom stereocenters. The molecular weight excluding hydrogens is 352 g/mol. The van der Waals surface area contributed by atoms with Crippen LogP contribution in [0.4, 0.5) is 0 Å². The third-order valence-corrected chi connectivity index (χ3v) is 5.09. The third kappa shape index (κ3) is 4.93. The molecule has 2 rings (SSSR count). The first kappa shape index (κ1) is 17.2. The highest BCUT2D eigenvalue weighted by Crippen LogP contribution is 2.28. The Morgan fingerprint density at radius 1 is 1.43 bits per heavy atom. The molecule has 0 bridgehead atoms. The van der Waals surface area contributed by atoms with Crippen molar-refractivity contribution in [2.24, 2.45) is 0 Å². The lowest BCUT2D eigenvalue weighted by molar-refractivity contribution is 0.0420. The second-order valence-corrected chi connectivity index (χ2v) is 6.94. The SMILES string of the molecule is CNC(CCN(C)C1CCOCC1)c1ccc(Br)cc1Cl. The monoisotopic (exact) mass is 374 g/mol. The first-order valence-corrected chi connectivity index (χ1v) is 8.69. The molecular formula is C16H24BrClN2O. The van der Waals surface area contributed by atoms with Crippen LogP contribution in [0.1, 0.15) is 30.9 Å². The summed E-state index contributed by atoms with van der Waals surface area (Å²) < 4.78 is 6.45. The van der Waals surface area contributed by atoms with Gasteiger partial charge in [0, 0.05) is 34.8 Å². The zero-order chi connectivity index (χ0) is 15.2. The van der Waals surface area contributed by atoms with Crippen LogP contribution in [-0.2, 0) is 4.74 Å². The Kier molecular flexibility index (Phi) is 6.96. The van der Waals surface area contributed by atoms with E-state index >= 15 is 0 Å². The van der Waals surface area contributed by atoms with Crippen molar-refractivity contribution >= 4 is 27.5 Å². The number of nitrogens with zero attached hydrogens (tertiary/aromatic N) is 1. The molecule has 21 heavy (non-hydrogen) atoms. The predicted octanol–water partition coefficient (Wildman–Crippen LogP) is 3.86. The summed E-state index contributed by atoms with van der Waals surface area (Å²) in [6, 6.07) is 7.05. The van der Waals surface area contributed by atoms with Crippen LogP contribution < -0.4 is 5.32 Å². The number of hydrogen-bond donors (Lipinski definition) is 1. The molecule has 118 valence electrons. The highest BCUT2D eigenvalue weighted by Gasteiger charge is 2.20. The lowest BCUT2D eigenvalue weighted by atomic mass is 10.0. The molecule has 1 saturated heterocycles. The van der Waals surface area contributed by atoms with Gasteiger partial charge in [-0.05, 0) is 57.6 Å². The fourth-order valence-electron chi connectivity index (χ4n) is 2.88. The summed E-state index contributed by atoms with van der Waals surface area (Å²) in [5.41, 5.74) is 1.17. The molecule has 1 heterocycles. The minimum Gasteiger partial charge on any atom is -0.381 e. The van der Waals surface area contributed by atoms with Gasteiger partial charge in [0.2, 0.25) is 0 Å². The maximum Gasteiger partial charge on any atom is 0.0480 e. The summed E-state index contributed by atoms with van der Waals surface area (Å²) in [7, 11) is 4.21. The number of halogens is 2. The maximum absolute atomic E-state index is 6.37. The van der Waals surface area contributed by atoms with Gasteiger partial charge in [0.05, 0.1) is 0 Å². The minimum absolute atomic E-state index is 0.285. The third-order valence-electron chi connectivity index (χ3n) is 4.27. The molecule has 1 N–H and O–H groups in total. The van der Waals surface area contributed by atoms with E-state index < -0.39 is 0 Å². The van der Waals surface area contributed by atoms with Crippen LogP contribution in [0.15, 0.2) is 22.7 Å². The van der Waals surface area contributed by atoms with E-state index in [1.165, 1.54) is 5.56 Å². The van der Waals surface area contributed by atoms with Crippen molar-refractivity contribution in [1.82, 2.24) is 10.2 Å². The Balaban J connectivity index is 1.92. The van der Waals surface area contributed by atoms with E-state index in [-0.39, 0.29) is 6.04 Å². The average molecular weight is 376 g/mol. The highest BCUT2D eigenvalue weighted by molar-refractivity contribution is 9.10. The van der Waals surface area contributed by atoms with Gasteiger partial charge >= 0.3 is 0 Å². The van der Waals surface area contributed by atoms with Gasteiger partial charge in [0.1, 0.15) is 0 Å². The summed E-state index contributed by atoms with van der Waals surface area (Å²) in [6.45, 7) is 2.84. The number of benzene rings is 1. The van der Waals surface area contributed by atoms with E-state index in [4.69, 9.17) is 16.3 Å². The van der Waals surface area contributed by atoms with Gasteiger partial charge in [0.15, 0.2) is 0 Å². The first-order valence-electron chi connectivity index (χ1n) is 7.52. The van der Waals surface area contributed by atoms with E-state index in [1.54, 1.807) is 0 Å². The molecule has 0 amide bonds. The van der Waals surface area contributed by atoms with Crippen LogP contribution in [-0.4, -0.2) is 44.8 Å². The van der Waals surface area contributed by atoms with Gasteiger partial charge in [-0.2, -0.15) is 0 Å². The predicted molar refractivity (Wildman–Crippen MR) is 92.0 cm³/mol. The van der Waals surface area contributed by atoms with Crippen molar-refractivity contribution in [2.75, 3.05) is 33.9 Å². The smallest absolute Gasteiger partial charge is 0.0480 e. The van der Waals surface area contributed by atoms with Crippen LogP contribution in [0, 0.1) is 0 Å². The Morgan fingerprint density at radius 2 is 2.14 bits per heavy atom. The number of hydrogen-bond acceptors (Lipinski definition) is 3. The highest BCUT2D eigenvalue weighted by atomic mass is 79.9. The number of rotatable bonds is 6. The topological polar surface area (TPSA) is 24.5 Å². The van der Waals surface area contributed by atoms with Crippen molar-refractivity contribution < 1.29 is 4.74 Å². The van der Waals surface area contributed by atoms with Gasteiger partial charge in [0.25, 0.3) is 0 Å². The molecule has 5 heteroatoms. The number of nitrogens with one attached hydrogen (secondary N) is 1. The molecule has 0 spiro atoms. The van der Waals surface area contributed by atoms with Crippen LogP contribution in [0.5, 0.6) is 0 Å². The summed E-state index contributed by atoms with van der Waals surface area (Å²) >= 11 is 9.82. The fourth-order valence-corrected chi connectivity index (χ4v) is 3.69. The van der Waals surface area contributed by atoms with Crippen LogP contribution in [0.2, 0.25) is 5.02 Å². The minimum atomic E-state index is 0.285. The standard InChI is InChI=1S/C16H24BrClN2O/c1-19-16(14-4-3-12(17)11-15(14)18)5-8-20(2)13-6-9-21-10-7-13/h3-4,11,13,16,19H,5-10H2,1-2H3. The van der Waals surface area contributed by atoms with Gasteiger partial charge in [-0.25, -0.2) is 0 Å². The summed E-state index contributed by atoms with van der Waals surface area (Å²) in [5, 5.41) is 4.20. The molecule has 0 saturated carbocycles. The largest absolute Gasteiger partial charge is 0.381 e. The Bertz CT molecular complexity index is 452. The molecule has 0 radical (unpaired) electrons. The molecule has 1 fully saturated rings. The summed E-state index contributed by atoms with van der Waals surface area (Å²) in [4.78, 5) is 2.46. The Labute approximate surface area is 141 Å². The second-order valence-electron chi connectivity index (χ2n) is 5.62. The van der Waals surface area contributed by atoms with E-state index in [0.717, 1.165) is 48.5 Å². The lowest BCUT2D eigenvalue weighted by Crippen LogP contribution is -2.38. The molecule has 0 aliphatic carbocycles. The van der Waals surface area contributed by atoms with Gasteiger partial charge in [-0.3, -0.25) is 0 Å². The van der Waals surface area contributed by atoms with Crippen molar-refractivity contribution in [1.29, 1.82) is 0 Å². The molecule has 1 aliphatic heterocycles. The van der Waals surface area contributed by atoms with Gasteiger partial charge in [-0.15, -0.1) is 0 Å². The Morgan fingerprint density at radius 3 is 2.76 bits per heavy atom. The molecule has 1 aromatic carbocycles. The zero-order valence-electron chi connectivity index (χ0n) is 12.7. The average Bonchev–Trinajstić information content (AvgIpc) is 2.50. The van der Waals surface area contributed by atoms with Crippen LogP contribution >= 0.6 is 27.5 Å². The lowest BCUT2D eigenvalue weighted by Gasteiger charge is -2.32. The molecule has 1 aromatic rings. The molecule has 1 unspecified atom stereocenters. The molecule has 0 aromatic heterocycles. The van der Waals surface area contributed by atoms with E-state index in [1.807, 2.05) is 19.2 Å². The van der Waals surface area contributed by atoms with Gasteiger partial charge < -0.3 is 15.0 Å². The summed E-state index contributed by atoms with van der Waals surface area (Å²) in [5.74, 6) is 0. The van der Waals surface area contributed by atoms with Crippen molar-refractivity contribution in [3.63, 3.8) is 0 Å². The first-order chi connectivity index (χ1) is 10.1. The van der Waals surface area contributed by atoms with Crippen LogP contribution in [0.25, 0.3) is 0 Å². The maximum atomic E-state index is 6.37. The van der Waals surface area contributed by atoms with Crippen LogP contribution in [0.3, 0.4) is 0 Å².